The number of carbonyl (C=O) groups excluding carboxylic acids is 1. The fraction of sp³-hybridized carbons (Fsp3) is 0.667. The zero-order valence-electron chi connectivity index (χ0n) is 11.9. The number of thioether (sulfide) groups is 1. The van der Waals surface area contributed by atoms with Crippen molar-refractivity contribution in [3.8, 4) is 0 Å². The lowest BCUT2D eigenvalue weighted by Gasteiger charge is -2.17. The SMILES string of the molecule is Cl.Cn1cc([C@H]2CNC[C@@H]2C(=O)NCCSC(F)(F)F)cn1. The quantitative estimate of drug-likeness (QED) is 0.783. The van der Waals surface area contributed by atoms with Crippen molar-refractivity contribution in [2.45, 2.75) is 11.4 Å². The van der Waals surface area contributed by atoms with Crippen molar-refractivity contribution in [3.63, 3.8) is 0 Å². The van der Waals surface area contributed by atoms with E-state index in [-0.39, 0.29) is 54.2 Å². The molecule has 2 heterocycles. The van der Waals surface area contributed by atoms with Gasteiger partial charge in [-0.15, -0.1) is 12.4 Å². The van der Waals surface area contributed by atoms with Crippen molar-refractivity contribution >= 4 is 30.1 Å². The van der Waals surface area contributed by atoms with E-state index < -0.39 is 5.51 Å². The van der Waals surface area contributed by atoms with Crippen LogP contribution in [0.5, 0.6) is 0 Å². The smallest absolute Gasteiger partial charge is 0.355 e. The number of aromatic nitrogens is 2. The Kier molecular flexibility index (Phi) is 7.01. The molecule has 0 radical (unpaired) electrons. The van der Waals surface area contributed by atoms with Crippen LogP contribution in [-0.2, 0) is 11.8 Å². The van der Waals surface area contributed by atoms with E-state index in [9.17, 15) is 18.0 Å². The molecule has 1 aliphatic rings. The lowest BCUT2D eigenvalue weighted by Crippen LogP contribution is -2.35. The summed E-state index contributed by atoms with van der Waals surface area (Å²) in [7, 11) is 1.80. The van der Waals surface area contributed by atoms with E-state index in [0.29, 0.717) is 13.1 Å². The van der Waals surface area contributed by atoms with E-state index in [4.69, 9.17) is 0 Å². The highest BCUT2D eigenvalue weighted by molar-refractivity contribution is 8.00. The van der Waals surface area contributed by atoms with E-state index in [0.717, 1.165) is 5.56 Å². The Balaban J connectivity index is 0.00000242. The molecule has 22 heavy (non-hydrogen) atoms. The third kappa shape index (κ3) is 5.36. The molecule has 1 aromatic heterocycles. The van der Waals surface area contributed by atoms with Gasteiger partial charge >= 0.3 is 5.51 Å². The summed E-state index contributed by atoms with van der Waals surface area (Å²) in [6.45, 7) is 1.21. The first-order valence-electron chi connectivity index (χ1n) is 6.54. The number of aryl methyl sites for hydroxylation is 1. The highest BCUT2D eigenvalue weighted by atomic mass is 35.5. The molecule has 0 bridgehead atoms. The number of hydrogen-bond acceptors (Lipinski definition) is 4. The van der Waals surface area contributed by atoms with E-state index >= 15 is 0 Å². The van der Waals surface area contributed by atoms with Crippen molar-refractivity contribution in [3.05, 3.63) is 18.0 Å². The predicted molar refractivity (Wildman–Crippen MR) is 81.1 cm³/mol. The number of halogens is 4. The monoisotopic (exact) mass is 358 g/mol. The van der Waals surface area contributed by atoms with Gasteiger partial charge in [-0.3, -0.25) is 9.48 Å². The molecular weight excluding hydrogens is 341 g/mol. The lowest BCUT2D eigenvalue weighted by molar-refractivity contribution is -0.124. The van der Waals surface area contributed by atoms with Crippen molar-refractivity contribution in [1.29, 1.82) is 0 Å². The van der Waals surface area contributed by atoms with Crippen LogP contribution < -0.4 is 10.6 Å². The molecular formula is C12H18ClF3N4OS. The fourth-order valence-corrected chi connectivity index (χ4v) is 2.84. The third-order valence-corrected chi connectivity index (χ3v) is 4.11. The van der Waals surface area contributed by atoms with Gasteiger partial charge < -0.3 is 10.6 Å². The first kappa shape index (κ1) is 19.1. The van der Waals surface area contributed by atoms with Gasteiger partial charge in [0, 0.05) is 44.5 Å². The summed E-state index contributed by atoms with van der Waals surface area (Å²) in [6, 6.07) is 0. The van der Waals surface area contributed by atoms with Gasteiger partial charge in [0.2, 0.25) is 5.91 Å². The lowest BCUT2D eigenvalue weighted by atomic mass is 9.90. The molecule has 126 valence electrons. The van der Waals surface area contributed by atoms with Gasteiger partial charge in [0.15, 0.2) is 0 Å². The van der Waals surface area contributed by atoms with Crippen LogP contribution in [-0.4, -0.2) is 46.6 Å². The maximum Gasteiger partial charge on any atom is 0.441 e. The Bertz CT molecular complexity index is 497. The van der Waals surface area contributed by atoms with Crippen LogP contribution in [0.2, 0.25) is 0 Å². The molecule has 1 aliphatic heterocycles. The van der Waals surface area contributed by atoms with Crippen molar-refractivity contribution in [2.75, 3.05) is 25.4 Å². The van der Waals surface area contributed by atoms with Crippen LogP contribution in [0.3, 0.4) is 0 Å². The van der Waals surface area contributed by atoms with E-state index in [2.05, 4.69) is 15.7 Å². The summed E-state index contributed by atoms with van der Waals surface area (Å²) in [6.07, 6.45) is 3.58. The molecule has 1 aromatic rings. The minimum Gasteiger partial charge on any atom is -0.355 e. The summed E-state index contributed by atoms with van der Waals surface area (Å²) in [5.74, 6) is -0.650. The number of nitrogens with zero attached hydrogens (tertiary/aromatic N) is 2. The number of carbonyl (C=O) groups is 1. The second-order valence-electron chi connectivity index (χ2n) is 4.90. The summed E-state index contributed by atoms with van der Waals surface area (Å²) in [5, 5.41) is 9.81. The number of amides is 1. The molecule has 0 aromatic carbocycles. The first-order valence-corrected chi connectivity index (χ1v) is 7.53. The highest BCUT2D eigenvalue weighted by Gasteiger charge is 2.34. The summed E-state index contributed by atoms with van der Waals surface area (Å²) in [5.41, 5.74) is -3.29. The number of hydrogen-bond donors (Lipinski definition) is 2. The van der Waals surface area contributed by atoms with Crippen LogP contribution in [0.1, 0.15) is 11.5 Å². The molecule has 5 nitrogen and oxygen atoms in total. The summed E-state index contributed by atoms with van der Waals surface area (Å²) in [4.78, 5) is 12.1. The van der Waals surface area contributed by atoms with Crippen LogP contribution in [0, 0.1) is 5.92 Å². The average Bonchev–Trinajstić information content (AvgIpc) is 3.01. The topological polar surface area (TPSA) is 59.0 Å². The fourth-order valence-electron chi connectivity index (χ4n) is 2.41. The van der Waals surface area contributed by atoms with Gasteiger partial charge in [-0.1, -0.05) is 0 Å². The molecule has 0 saturated carbocycles. The van der Waals surface area contributed by atoms with E-state index in [1.807, 2.05) is 6.20 Å². The van der Waals surface area contributed by atoms with E-state index in [1.165, 1.54) is 0 Å². The van der Waals surface area contributed by atoms with Gasteiger partial charge in [-0.05, 0) is 17.3 Å². The molecule has 2 N–H and O–H groups in total. The Labute approximate surface area is 136 Å². The number of alkyl halides is 3. The standard InChI is InChI=1S/C12H17F3N4OS.ClH/c1-19-7-8(4-18-19)9-5-16-6-10(9)11(20)17-2-3-21-12(13,14)15;/h4,7,9-10,16H,2-3,5-6H2,1H3,(H,17,20);1H/t9-,10+;/m1./s1. The largest absolute Gasteiger partial charge is 0.441 e. The van der Waals surface area contributed by atoms with Gasteiger partial charge in [0.05, 0.1) is 12.1 Å². The van der Waals surface area contributed by atoms with Gasteiger partial charge in [-0.2, -0.15) is 18.3 Å². The van der Waals surface area contributed by atoms with Gasteiger partial charge in [0.25, 0.3) is 0 Å². The maximum absolute atomic E-state index is 12.1. The highest BCUT2D eigenvalue weighted by Crippen LogP contribution is 2.30. The van der Waals surface area contributed by atoms with Crippen molar-refractivity contribution in [1.82, 2.24) is 20.4 Å². The van der Waals surface area contributed by atoms with Crippen LogP contribution in [0.15, 0.2) is 12.4 Å². The average molecular weight is 359 g/mol. The van der Waals surface area contributed by atoms with E-state index in [1.54, 1.807) is 17.9 Å². The van der Waals surface area contributed by atoms with Gasteiger partial charge in [-0.25, -0.2) is 0 Å². The minimum absolute atomic E-state index is 0. The second kappa shape index (κ2) is 8.07. The van der Waals surface area contributed by atoms with Crippen molar-refractivity contribution < 1.29 is 18.0 Å². The van der Waals surface area contributed by atoms with Crippen LogP contribution in [0.25, 0.3) is 0 Å². The Morgan fingerprint density at radius 2 is 2.27 bits per heavy atom. The maximum atomic E-state index is 12.1. The molecule has 0 aliphatic carbocycles. The molecule has 0 unspecified atom stereocenters. The van der Waals surface area contributed by atoms with Gasteiger partial charge in [0.1, 0.15) is 0 Å². The first-order chi connectivity index (χ1) is 9.87. The van der Waals surface area contributed by atoms with Crippen LogP contribution >= 0.6 is 24.2 Å². The molecule has 10 heteroatoms. The number of rotatable bonds is 5. The molecule has 1 saturated heterocycles. The van der Waals surface area contributed by atoms with Crippen LogP contribution in [0.4, 0.5) is 13.2 Å². The molecule has 2 rings (SSSR count). The zero-order chi connectivity index (χ0) is 15.5. The second-order valence-corrected chi connectivity index (χ2v) is 6.06. The Morgan fingerprint density at radius 3 is 2.86 bits per heavy atom. The summed E-state index contributed by atoms with van der Waals surface area (Å²) >= 11 is -0.125. The molecule has 1 fully saturated rings. The molecule has 0 spiro atoms. The molecule has 1 amide bonds. The normalized spacial score (nSPS) is 21.5. The van der Waals surface area contributed by atoms with Crippen molar-refractivity contribution in [2.24, 2.45) is 13.0 Å². The Hall–Kier alpha value is -0.930. The number of nitrogens with one attached hydrogen (secondary N) is 2. The predicted octanol–water partition coefficient (Wildman–Crippen LogP) is 1.51. The third-order valence-electron chi connectivity index (χ3n) is 3.37. The summed E-state index contributed by atoms with van der Waals surface area (Å²) < 4.78 is 37.7. The Morgan fingerprint density at radius 1 is 1.55 bits per heavy atom. The molecule has 2 atom stereocenters. The zero-order valence-corrected chi connectivity index (χ0v) is 13.5. The minimum atomic E-state index is -4.25.